The molecule has 0 aromatic heterocycles. The maximum Gasteiger partial charge on any atom is 0.296 e. The van der Waals surface area contributed by atoms with E-state index in [4.69, 9.17) is 4.18 Å². The molecule has 0 radical (unpaired) electrons. The number of benzene rings is 1. The van der Waals surface area contributed by atoms with E-state index >= 15 is 0 Å². The summed E-state index contributed by atoms with van der Waals surface area (Å²) in [4.78, 5) is 0.239. The van der Waals surface area contributed by atoms with Crippen LogP contribution in [0.25, 0.3) is 0 Å². The highest BCUT2D eigenvalue weighted by Crippen LogP contribution is 2.18. The van der Waals surface area contributed by atoms with Gasteiger partial charge < -0.3 is 0 Å². The van der Waals surface area contributed by atoms with Gasteiger partial charge in [-0.2, -0.15) is 21.9 Å². The first-order valence-electron chi connectivity index (χ1n) is 6.95. The van der Waals surface area contributed by atoms with Crippen LogP contribution in [0.1, 0.15) is 45.1 Å². The van der Waals surface area contributed by atoms with E-state index in [0.717, 1.165) is 31.2 Å². The second-order valence-electron chi connectivity index (χ2n) is 4.97. The summed E-state index contributed by atoms with van der Waals surface area (Å²) >= 11 is 0. The Morgan fingerprint density at radius 1 is 1.15 bits per heavy atom. The molecule has 20 heavy (non-hydrogen) atoms. The Hall–Kier alpha value is -0.520. The van der Waals surface area contributed by atoms with Crippen LogP contribution >= 0.6 is 13.5 Å². The van der Waals surface area contributed by atoms with Gasteiger partial charge in [-0.25, -0.2) is 0 Å². The molecule has 0 saturated carbocycles. The summed E-state index contributed by atoms with van der Waals surface area (Å²) in [5.74, 6) is 0.320. The molecule has 0 N–H and O–H groups in total. The normalized spacial score (nSPS) is 12.8. The van der Waals surface area contributed by atoms with E-state index in [-0.39, 0.29) is 25.0 Å². The van der Waals surface area contributed by atoms with Gasteiger partial charge in [0, 0.05) is 0 Å². The van der Waals surface area contributed by atoms with Gasteiger partial charge in [0.2, 0.25) is 0 Å². The minimum atomic E-state index is -3.61. The minimum Gasteiger partial charge on any atom is -0.266 e. The molecule has 0 fully saturated rings. The fraction of sp³-hybridized carbons (Fsp3) is 0.600. The van der Waals surface area contributed by atoms with Gasteiger partial charge in [0.1, 0.15) is 0 Å². The lowest BCUT2D eigenvalue weighted by atomic mass is 10.0. The highest BCUT2D eigenvalue weighted by molar-refractivity contribution is 7.86. The van der Waals surface area contributed by atoms with Gasteiger partial charge in [-0.15, -0.1) is 0 Å². The third-order valence-corrected chi connectivity index (χ3v) is 4.61. The molecule has 0 aliphatic carbocycles. The second kappa shape index (κ2) is 9.42. The molecule has 0 aliphatic rings. The van der Waals surface area contributed by atoms with Crippen LogP contribution in [0.15, 0.2) is 29.2 Å². The third kappa shape index (κ3) is 6.29. The molecular weight excluding hydrogens is 292 g/mol. The zero-order valence-electron chi connectivity index (χ0n) is 12.6. The highest BCUT2D eigenvalue weighted by Gasteiger charge is 2.17. The maximum absolute atomic E-state index is 12.0. The summed E-state index contributed by atoms with van der Waals surface area (Å²) in [5, 5.41) is 0. The van der Waals surface area contributed by atoms with Crippen molar-refractivity contribution in [2.45, 2.75) is 51.3 Å². The van der Waals surface area contributed by atoms with Gasteiger partial charge in [-0.1, -0.05) is 50.8 Å². The van der Waals surface area contributed by atoms with Crippen molar-refractivity contribution in [3.63, 3.8) is 0 Å². The maximum atomic E-state index is 12.0. The van der Waals surface area contributed by atoms with Crippen LogP contribution < -0.4 is 0 Å². The van der Waals surface area contributed by atoms with Crippen LogP contribution in [0, 0.1) is 12.8 Å². The van der Waals surface area contributed by atoms with Crippen LogP contribution in [0.2, 0.25) is 0 Å². The minimum absolute atomic E-state index is 0. The zero-order valence-corrected chi connectivity index (χ0v) is 14.4. The van der Waals surface area contributed by atoms with E-state index in [1.807, 2.05) is 6.92 Å². The number of hydrogen-bond donors (Lipinski definition) is 0. The van der Waals surface area contributed by atoms with Gasteiger partial charge in [0.05, 0.1) is 11.5 Å². The van der Waals surface area contributed by atoms with E-state index in [1.54, 1.807) is 24.3 Å². The van der Waals surface area contributed by atoms with Gasteiger partial charge in [0.25, 0.3) is 10.1 Å². The van der Waals surface area contributed by atoms with Crippen molar-refractivity contribution in [1.29, 1.82) is 0 Å². The molecule has 0 saturated heterocycles. The standard InChI is InChI=1S/C15H24O3S.H2S/c1-4-6-7-14(5-2)12-18-19(16,17)15-10-8-13(3)9-11-15;/h8-11,14H,4-7,12H2,1-3H3;1H2. The predicted octanol–water partition coefficient (Wildman–Crippen LogP) is 4.03. The smallest absolute Gasteiger partial charge is 0.266 e. The number of hydrogen-bond acceptors (Lipinski definition) is 3. The molecule has 0 spiro atoms. The molecule has 0 amide bonds. The summed E-state index contributed by atoms with van der Waals surface area (Å²) in [7, 11) is -3.61. The van der Waals surface area contributed by atoms with Gasteiger partial charge in [-0.05, 0) is 31.4 Å². The van der Waals surface area contributed by atoms with Gasteiger partial charge >= 0.3 is 0 Å². The third-order valence-electron chi connectivity index (χ3n) is 3.31. The quantitative estimate of drug-likeness (QED) is 0.680. The molecule has 1 unspecified atom stereocenters. The lowest BCUT2D eigenvalue weighted by Crippen LogP contribution is -2.14. The largest absolute Gasteiger partial charge is 0.296 e. The van der Waals surface area contributed by atoms with Crippen molar-refractivity contribution < 1.29 is 12.6 Å². The van der Waals surface area contributed by atoms with Crippen molar-refractivity contribution in [2.24, 2.45) is 5.92 Å². The Balaban J connectivity index is 0.00000361. The first-order chi connectivity index (χ1) is 8.99. The molecular formula is C15H26O3S2. The van der Waals surface area contributed by atoms with E-state index < -0.39 is 10.1 Å². The first kappa shape index (κ1) is 19.5. The Labute approximate surface area is 130 Å². The number of aryl methyl sites for hydroxylation is 1. The number of unbranched alkanes of at least 4 members (excludes halogenated alkanes) is 1. The fourth-order valence-corrected chi connectivity index (χ4v) is 2.83. The van der Waals surface area contributed by atoms with Crippen LogP contribution in [0.3, 0.4) is 0 Å². The van der Waals surface area contributed by atoms with Crippen molar-refractivity contribution in [1.82, 2.24) is 0 Å². The lowest BCUT2D eigenvalue weighted by molar-refractivity contribution is 0.238. The van der Waals surface area contributed by atoms with Gasteiger partial charge in [0.15, 0.2) is 0 Å². The molecule has 1 atom stereocenters. The molecule has 0 bridgehead atoms. The average Bonchev–Trinajstić information content (AvgIpc) is 2.39. The van der Waals surface area contributed by atoms with Crippen LogP contribution in [0.4, 0.5) is 0 Å². The Morgan fingerprint density at radius 3 is 2.25 bits per heavy atom. The molecule has 1 aromatic carbocycles. The molecule has 116 valence electrons. The summed E-state index contributed by atoms with van der Waals surface area (Å²) in [6.07, 6.45) is 4.22. The number of rotatable bonds is 8. The molecule has 1 rings (SSSR count). The summed E-state index contributed by atoms with van der Waals surface area (Å²) < 4.78 is 29.2. The van der Waals surface area contributed by atoms with Crippen molar-refractivity contribution in [3.8, 4) is 0 Å². The Bertz CT molecular complexity index is 466. The zero-order chi connectivity index (χ0) is 14.3. The lowest BCUT2D eigenvalue weighted by Gasteiger charge is -2.14. The summed E-state index contributed by atoms with van der Waals surface area (Å²) in [6, 6.07) is 6.75. The van der Waals surface area contributed by atoms with Crippen molar-refractivity contribution in [3.05, 3.63) is 29.8 Å². The van der Waals surface area contributed by atoms with E-state index in [9.17, 15) is 8.42 Å². The Kier molecular flexibility index (Phi) is 9.18. The van der Waals surface area contributed by atoms with Crippen molar-refractivity contribution in [2.75, 3.05) is 6.61 Å². The monoisotopic (exact) mass is 318 g/mol. The van der Waals surface area contributed by atoms with E-state index in [1.165, 1.54) is 0 Å². The Morgan fingerprint density at radius 2 is 1.75 bits per heavy atom. The van der Waals surface area contributed by atoms with Gasteiger partial charge in [-0.3, -0.25) is 4.18 Å². The molecule has 3 nitrogen and oxygen atoms in total. The predicted molar refractivity (Wildman–Crippen MR) is 88.0 cm³/mol. The fourth-order valence-electron chi connectivity index (χ4n) is 1.86. The van der Waals surface area contributed by atoms with Crippen LogP contribution in [-0.2, 0) is 14.3 Å². The summed E-state index contributed by atoms with van der Waals surface area (Å²) in [6.45, 7) is 6.42. The SMILES string of the molecule is CCCCC(CC)COS(=O)(=O)c1ccc(C)cc1.S. The molecule has 1 aromatic rings. The molecule has 0 aliphatic heterocycles. The molecule has 5 heteroatoms. The van der Waals surface area contributed by atoms with Crippen molar-refractivity contribution >= 4 is 23.6 Å². The molecule has 0 heterocycles. The van der Waals surface area contributed by atoms with Crippen LogP contribution in [0.5, 0.6) is 0 Å². The highest BCUT2D eigenvalue weighted by atomic mass is 32.2. The summed E-state index contributed by atoms with van der Waals surface area (Å²) in [5.41, 5.74) is 1.04. The van der Waals surface area contributed by atoms with E-state index in [0.29, 0.717) is 5.92 Å². The average molecular weight is 319 g/mol. The van der Waals surface area contributed by atoms with Crippen LogP contribution in [-0.4, -0.2) is 15.0 Å². The second-order valence-corrected chi connectivity index (χ2v) is 6.58. The van der Waals surface area contributed by atoms with E-state index in [2.05, 4.69) is 13.8 Å². The first-order valence-corrected chi connectivity index (χ1v) is 8.36. The topological polar surface area (TPSA) is 43.4 Å².